The van der Waals surface area contributed by atoms with Gasteiger partial charge in [0.2, 0.25) is 0 Å². The SMILES string of the molecule is CCOC(=O)N1CCC(NC(N)=NCc2ccc(Sc3ccc(F)cc3)cc2)CC1. The fraction of sp³-hybridized carbons (Fsp3) is 0.364. The highest BCUT2D eigenvalue weighted by atomic mass is 32.2. The number of halogens is 1. The molecule has 2 aromatic carbocycles. The van der Waals surface area contributed by atoms with Gasteiger partial charge >= 0.3 is 6.09 Å². The molecule has 2 aromatic rings. The number of hydrogen-bond donors (Lipinski definition) is 2. The van der Waals surface area contributed by atoms with Crippen molar-refractivity contribution in [2.75, 3.05) is 19.7 Å². The Balaban J connectivity index is 1.44. The quantitative estimate of drug-likeness (QED) is 0.535. The van der Waals surface area contributed by atoms with Gasteiger partial charge < -0.3 is 20.7 Å². The fourth-order valence-corrected chi connectivity index (χ4v) is 3.97. The van der Waals surface area contributed by atoms with E-state index in [1.54, 1.807) is 35.7 Å². The molecule has 1 aliphatic rings. The van der Waals surface area contributed by atoms with E-state index in [-0.39, 0.29) is 18.0 Å². The molecule has 0 radical (unpaired) electrons. The van der Waals surface area contributed by atoms with Gasteiger partial charge in [0, 0.05) is 28.9 Å². The van der Waals surface area contributed by atoms with Gasteiger partial charge in [0.1, 0.15) is 5.82 Å². The van der Waals surface area contributed by atoms with Gasteiger partial charge in [-0.1, -0.05) is 23.9 Å². The van der Waals surface area contributed by atoms with Gasteiger partial charge in [-0.05, 0) is 61.7 Å². The lowest BCUT2D eigenvalue weighted by Gasteiger charge is -2.31. The number of carbonyl (C=O) groups excluding carboxylic acids is 1. The lowest BCUT2D eigenvalue weighted by atomic mass is 10.1. The van der Waals surface area contributed by atoms with Crippen LogP contribution in [0.5, 0.6) is 0 Å². The number of likely N-dealkylation sites (tertiary alicyclic amines) is 1. The first kappa shape index (κ1) is 22.0. The molecule has 6 nitrogen and oxygen atoms in total. The summed E-state index contributed by atoms with van der Waals surface area (Å²) < 4.78 is 18.0. The van der Waals surface area contributed by atoms with Gasteiger partial charge in [-0.25, -0.2) is 14.2 Å². The number of nitrogens with zero attached hydrogens (tertiary/aromatic N) is 2. The first-order chi connectivity index (χ1) is 14.5. The fourth-order valence-electron chi connectivity index (χ4n) is 3.15. The van der Waals surface area contributed by atoms with Crippen LogP contribution in [-0.4, -0.2) is 42.7 Å². The molecule has 0 saturated carbocycles. The summed E-state index contributed by atoms with van der Waals surface area (Å²) in [5.41, 5.74) is 7.09. The van der Waals surface area contributed by atoms with Crippen LogP contribution in [-0.2, 0) is 11.3 Å². The minimum atomic E-state index is -0.251. The summed E-state index contributed by atoms with van der Waals surface area (Å²) in [6.07, 6.45) is 1.37. The molecule has 3 rings (SSSR count). The number of ether oxygens (including phenoxy) is 1. The van der Waals surface area contributed by atoms with Crippen LogP contribution >= 0.6 is 11.8 Å². The van der Waals surface area contributed by atoms with E-state index in [1.165, 1.54) is 12.1 Å². The lowest BCUT2D eigenvalue weighted by Crippen LogP contribution is -2.48. The van der Waals surface area contributed by atoms with Crippen LogP contribution in [0, 0.1) is 5.82 Å². The monoisotopic (exact) mass is 430 g/mol. The molecule has 1 saturated heterocycles. The van der Waals surface area contributed by atoms with Crippen LogP contribution in [0.25, 0.3) is 0 Å². The minimum absolute atomic E-state index is 0.203. The third-order valence-electron chi connectivity index (χ3n) is 4.78. The summed E-state index contributed by atoms with van der Waals surface area (Å²) in [4.78, 5) is 20.0. The molecule has 1 amide bonds. The topological polar surface area (TPSA) is 80.0 Å². The van der Waals surface area contributed by atoms with Crippen LogP contribution in [0.4, 0.5) is 9.18 Å². The Bertz CT molecular complexity index is 850. The van der Waals surface area contributed by atoms with E-state index >= 15 is 0 Å². The second-order valence-corrected chi connectivity index (χ2v) is 8.15. The zero-order valence-corrected chi connectivity index (χ0v) is 17.8. The highest BCUT2D eigenvalue weighted by Gasteiger charge is 2.23. The van der Waals surface area contributed by atoms with Crippen molar-refractivity contribution in [1.29, 1.82) is 0 Å². The van der Waals surface area contributed by atoms with Crippen LogP contribution in [0.15, 0.2) is 63.3 Å². The molecule has 8 heteroatoms. The van der Waals surface area contributed by atoms with Gasteiger partial charge in [-0.3, -0.25) is 0 Å². The van der Waals surface area contributed by atoms with Crippen molar-refractivity contribution in [3.8, 4) is 0 Å². The number of carbonyl (C=O) groups is 1. The summed E-state index contributed by atoms with van der Waals surface area (Å²) >= 11 is 1.58. The number of benzene rings is 2. The number of nitrogens with one attached hydrogen (secondary N) is 1. The van der Waals surface area contributed by atoms with Crippen LogP contribution in [0.1, 0.15) is 25.3 Å². The third-order valence-corrected chi connectivity index (χ3v) is 5.79. The molecule has 30 heavy (non-hydrogen) atoms. The van der Waals surface area contributed by atoms with Crippen molar-refractivity contribution in [3.05, 3.63) is 59.9 Å². The normalized spacial score (nSPS) is 15.1. The molecule has 3 N–H and O–H groups in total. The molecular formula is C22H27FN4O2S. The van der Waals surface area contributed by atoms with E-state index in [0.717, 1.165) is 28.2 Å². The summed E-state index contributed by atoms with van der Waals surface area (Å²) in [6.45, 7) is 3.99. The van der Waals surface area contributed by atoms with Gasteiger partial charge in [0.15, 0.2) is 5.96 Å². The first-order valence-electron chi connectivity index (χ1n) is 10.0. The van der Waals surface area contributed by atoms with Crippen molar-refractivity contribution in [2.45, 2.75) is 42.1 Å². The van der Waals surface area contributed by atoms with E-state index in [4.69, 9.17) is 10.5 Å². The van der Waals surface area contributed by atoms with E-state index in [1.807, 2.05) is 24.3 Å². The maximum Gasteiger partial charge on any atom is 0.409 e. The average molecular weight is 431 g/mol. The van der Waals surface area contributed by atoms with Crippen LogP contribution in [0.3, 0.4) is 0 Å². The van der Waals surface area contributed by atoms with Gasteiger partial charge in [0.05, 0.1) is 13.2 Å². The number of nitrogens with two attached hydrogens (primary N) is 1. The van der Waals surface area contributed by atoms with Crippen LogP contribution in [0.2, 0.25) is 0 Å². The van der Waals surface area contributed by atoms with E-state index in [9.17, 15) is 9.18 Å². The molecule has 1 heterocycles. The second-order valence-electron chi connectivity index (χ2n) is 7.01. The predicted molar refractivity (Wildman–Crippen MR) is 117 cm³/mol. The number of hydrogen-bond acceptors (Lipinski definition) is 4. The Labute approximate surface area is 180 Å². The van der Waals surface area contributed by atoms with Crippen molar-refractivity contribution in [3.63, 3.8) is 0 Å². The van der Waals surface area contributed by atoms with Crippen molar-refractivity contribution < 1.29 is 13.9 Å². The molecule has 0 aromatic heterocycles. The molecule has 0 bridgehead atoms. The lowest BCUT2D eigenvalue weighted by molar-refractivity contribution is 0.0963. The average Bonchev–Trinajstić information content (AvgIpc) is 2.75. The number of rotatable bonds is 6. The Morgan fingerprint density at radius 3 is 2.37 bits per heavy atom. The van der Waals surface area contributed by atoms with Gasteiger partial charge in [-0.15, -0.1) is 0 Å². The zero-order chi connectivity index (χ0) is 21.3. The van der Waals surface area contributed by atoms with E-state index < -0.39 is 0 Å². The summed E-state index contributed by atoms with van der Waals surface area (Å²) in [5, 5.41) is 3.24. The molecule has 160 valence electrons. The first-order valence-corrected chi connectivity index (χ1v) is 10.9. The Kier molecular flexibility index (Phi) is 7.96. The minimum Gasteiger partial charge on any atom is -0.450 e. The molecular weight excluding hydrogens is 403 g/mol. The van der Waals surface area contributed by atoms with E-state index in [0.29, 0.717) is 32.2 Å². The Morgan fingerprint density at radius 1 is 1.17 bits per heavy atom. The maximum absolute atomic E-state index is 13.0. The summed E-state index contributed by atoms with van der Waals surface area (Å²) in [5.74, 6) is 0.178. The smallest absolute Gasteiger partial charge is 0.409 e. The number of amides is 1. The molecule has 1 aliphatic heterocycles. The molecule has 0 atom stereocenters. The highest BCUT2D eigenvalue weighted by molar-refractivity contribution is 7.99. The third kappa shape index (κ3) is 6.66. The molecule has 0 unspecified atom stereocenters. The summed E-state index contributed by atoms with van der Waals surface area (Å²) in [6, 6.07) is 14.7. The van der Waals surface area contributed by atoms with Gasteiger partial charge in [-0.2, -0.15) is 0 Å². The van der Waals surface area contributed by atoms with Crippen molar-refractivity contribution >= 4 is 23.8 Å². The number of guanidine groups is 1. The number of aliphatic imine (C=N–C) groups is 1. The predicted octanol–water partition coefficient (Wildman–Crippen LogP) is 4.00. The molecule has 1 fully saturated rings. The standard InChI is InChI=1S/C22H27FN4O2S/c1-2-29-22(28)27-13-11-18(12-14-27)26-21(24)25-15-16-3-7-19(8-4-16)30-20-9-5-17(23)6-10-20/h3-10,18H,2,11-15H2,1H3,(H3,24,25,26). The summed E-state index contributed by atoms with van der Waals surface area (Å²) in [7, 11) is 0. The van der Waals surface area contributed by atoms with Crippen molar-refractivity contribution in [1.82, 2.24) is 10.2 Å². The molecule has 0 spiro atoms. The second kappa shape index (κ2) is 10.9. The Hall–Kier alpha value is -2.74. The Morgan fingerprint density at radius 2 is 1.77 bits per heavy atom. The highest BCUT2D eigenvalue weighted by Crippen LogP contribution is 2.27. The van der Waals surface area contributed by atoms with Gasteiger partial charge in [0.25, 0.3) is 0 Å². The van der Waals surface area contributed by atoms with Crippen molar-refractivity contribution in [2.24, 2.45) is 10.7 Å². The molecule has 0 aliphatic carbocycles. The maximum atomic E-state index is 13.0. The zero-order valence-electron chi connectivity index (χ0n) is 17.0. The van der Waals surface area contributed by atoms with Crippen LogP contribution < -0.4 is 11.1 Å². The van der Waals surface area contributed by atoms with E-state index in [2.05, 4.69) is 10.3 Å². The number of piperidine rings is 1. The largest absolute Gasteiger partial charge is 0.450 e.